The first kappa shape index (κ1) is 14.6. The van der Waals surface area contributed by atoms with Crippen molar-refractivity contribution < 1.29 is 9.47 Å². The van der Waals surface area contributed by atoms with Crippen molar-refractivity contribution in [3.8, 4) is 11.5 Å². The Kier molecular flexibility index (Phi) is 6.29. The number of ether oxygens (including phenoxy) is 2. The van der Waals surface area contributed by atoms with Crippen LogP contribution in [-0.4, -0.2) is 13.2 Å². The highest BCUT2D eigenvalue weighted by atomic mass is 16.5. The molecule has 1 aromatic carbocycles. The maximum atomic E-state index is 5.74. The van der Waals surface area contributed by atoms with Crippen LogP contribution in [0.15, 0.2) is 30.4 Å². The number of hydrogen-bond donors (Lipinski definition) is 1. The molecular weight excluding hydrogens is 226 g/mol. The van der Waals surface area contributed by atoms with Crippen LogP contribution >= 0.6 is 0 Å². The Bertz CT molecular complexity index is 388. The molecule has 0 aliphatic rings. The number of nitrogens with two attached hydrogens (primary N) is 1. The smallest absolute Gasteiger partial charge is 0.127 e. The summed E-state index contributed by atoms with van der Waals surface area (Å²) >= 11 is 0. The van der Waals surface area contributed by atoms with Crippen LogP contribution < -0.4 is 15.2 Å². The lowest BCUT2D eigenvalue weighted by molar-refractivity contribution is 0.301. The van der Waals surface area contributed by atoms with Gasteiger partial charge in [0.2, 0.25) is 0 Å². The van der Waals surface area contributed by atoms with Crippen LogP contribution in [0, 0.1) is 0 Å². The van der Waals surface area contributed by atoms with Gasteiger partial charge < -0.3 is 15.2 Å². The lowest BCUT2D eigenvalue weighted by Crippen LogP contribution is -2.05. The van der Waals surface area contributed by atoms with Crippen LogP contribution in [0.4, 0.5) is 0 Å². The van der Waals surface area contributed by atoms with Gasteiger partial charge in [-0.1, -0.05) is 18.6 Å². The van der Waals surface area contributed by atoms with Crippen molar-refractivity contribution in [2.24, 2.45) is 5.73 Å². The fourth-order valence-electron chi connectivity index (χ4n) is 1.48. The van der Waals surface area contributed by atoms with E-state index < -0.39 is 0 Å². The molecular formula is C15H23NO2. The topological polar surface area (TPSA) is 44.5 Å². The first-order valence-electron chi connectivity index (χ1n) is 6.40. The lowest BCUT2D eigenvalue weighted by atomic mass is 10.2. The number of rotatable bonds is 8. The van der Waals surface area contributed by atoms with Gasteiger partial charge in [0.15, 0.2) is 0 Å². The van der Waals surface area contributed by atoms with E-state index >= 15 is 0 Å². The molecule has 0 saturated carbocycles. The molecule has 0 amide bonds. The second-order valence-corrected chi connectivity index (χ2v) is 4.38. The fraction of sp³-hybridized carbons (Fsp3) is 0.467. The predicted octanol–water partition coefficient (Wildman–Crippen LogP) is 3.28. The van der Waals surface area contributed by atoms with E-state index in [1.807, 2.05) is 25.1 Å². The molecule has 100 valence electrons. The third-order valence-electron chi connectivity index (χ3n) is 2.52. The third-order valence-corrected chi connectivity index (χ3v) is 2.52. The van der Waals surface area contributed by atoms with E-state index in [1.165, 1.54) is 0 Å². The van der Waals surface area contributed by atoms with Gasteiger partial charge in [0.05, 0.1) is 13.2 Å². The molecule has 0 saturated heterocycles. The van der Waals surface area contributed by atoms with Gasteiger partial charge in [-0.3, -0.25) is 0 Å². The molecule has 0 bridgehead atoms. The van der Waals surface area contributed by atoms with Gasteiger partial charge in [0, 0.05) is 24.6 Å². The van der Waals surface area contributed by atoms with E-state index in [-0.39, 0.29) is 0 Å². The highest BCUT2D eigenvalue weighted by molar-refractivity contribution is 5.40. The Morgan fingerprint density at radius 1 is 1.28 bits per heavy atom. The zero-order valence-electron chi connectivity index (χ0n) is 11.4. The van der Waals surface area contributed by atoms with Crippen molar-refractivity contribution in [2.45, 2.75) is 33.2 Å². The van der Waals surface area contributed by atoms with Crippen LogP contribution in [0.25, 0.3) is 0 Å². The summed E-state index contributed by atoms with van der Waals surface area (Å²) in [7, 11) is 0. The minimum atomic E-state index is 0.469. The molecule has 0 atom stereocenters. The molecule has 0 heterocycles. The first-order chi connectivity index (χ1) is 8.67. The summed E-state index contributed by atoms with van der Waals surface area (Å²) < 4.78 is 11.3. The fourth-order valence-corrected chi connectivity index (χ4v) is 1.48. The summed E-state index contributed by atoms with van der Waals surface area (Å²) in [6.45, 7) is 9.74. The van der Waals surface area contributed by atoms with Gasteiger partial charge in [-0.25, -0.2) is 0 Å². The SMILES string of the molecule is C=C(C)CCOc1cc(OCCC)ccc1CN. The third kappa shape index (κ3) is 4.80. The van der Waals surface area contributed by atoms with Crippen molar-refractivity contribution >= 4 is 0 Å². The molecule has 0 radical (unpaired) electrons. The molecule has 0 aromatic heterocycles. The molecule has 2 N–H and O–H groups in total. The molecule has 1 aromatic rings. The minimum Gasteiger partial charge on any atom is -0.493 e. The van der Waals surface area contributed by atoms with Gasteiger partial charge >= 0.3 is 0 Å². The first-order valence-corrected chi connectivity index (χ1v) is 6.40. The van der Waals surface area contributed by atoms with Gasteiger partial charge in [0.1, 0.15) is 11.5 Å². The average molecular weight is 249 g/mol. The monoisotopic (exact) mass is 249 g/mol. The Morgan fingerprint density at radius 3 is 2.67 bits per heavy atom. The van der Waals surface area contributed by atoms with Crippen molar-refractivity contribution in [1.82, 2.24) is 0 Å². The second kappa shape index (κ2) is 7.77. The van der Waals surface area contributed by atoms with Crippen LogP contribution in [0.5, 0.6) is 11.5 Å². The summed E-state index contributed by atoms with van der Waals surface area (Å²) in [5.74, 6) is 1.65. The highest BCUT2D eigenvalue weighted by Gasteiger charge is 2.05. The van der Waals surface area contributed by atoms with E-state index in [0.717, 1.165) is 35.5 Å². The molecule has 3 heteroatoms. The molecule has 0 fully saturated rings. The van der Waals surface area contributed by atoms with E-state index in [0.29, 0.717) is 19.8 Å². The van der Waals surface area contributed by atoms with Gasteiger partial charge in [0.25, 0.3) is 0 Å². The summed E-state index contributed by atoms with van der Waals surface area (Å²) in [6, 6.07) is 5.81. The summed E-state index contributed by atoms with van der Waals surface area (Å²) in [6.07, 6.45) is 1.84. The Hall–Kier alpha value is -1.48. The van der Waals surface area contributed by atoms with Gasteiger partial charge in [-0.2, -0.15) is 0 Å². The molecule has 0 aliphatic carbocycles. The molecule has 0 unspecified atom stereocenters. The quantitative estimate of drug-likeness (QED) is 0.719. The molecule has 3 nitrogen and oxygen atoms in total. The summed E-state index contributed by atoms with van der Waals surface area (Å²) in [5, 5.41) is 0. The highest BCUT2D eigenvalue weighted by Crippen LogP contribution is 2.25. The van der Waals surface area contributed by atoms with E-state index in [9.17, 15) is 0 Å². The summed E-state index contributed by atoms with van der Waals surface area (Å²) in [5.41, 5.74) is 7.81. The van der Waals surface area contributed by atoms with E-state index in [4.69, 9.17) is 15.2 Å². The summed E-state index contributed by atoms with van der Waals surface area (Å²) in [4.78, 5) is 0. The Labute approximate surface area is 110 Å². The molecule has 0 aliphatic heterocycles. The minimum absolute atomic E-state index is 0.469. The zero-order valence-corrected chi connectivity index (χ0v) is 11.4. The standard InChI is InChI=1S/C15H23NO2/c1-4-8-17-14-6-5-13(11-16)15(10-14)18-9-7-12(2)3/h5-6,10H,2,4,7-9,11,16H2,1,3H3. The number of hydrogen-bond acceptors (Lipinski definition) is 3. The van der Waals surface area contributed by atoms with Crippen molar-refractivity contribution in [1.29, 1.82) is 0 Å². The van der Waals surface area contributed by atoms with E-state index in [2.05, 4.69) is 13.5 Å². The predicted molar refractivity (Wildman–Crippen MR) is 75.0 cm³/mol. The molecule has 18 heavy (non-hydrogen) atoms. The van der Waals surface area contributed by atoms with Crippen molar-refractivity contribution in [2.75, 3.05) is 13.2 Å². The average Bonchev–Trinajstić information content (AvgIpc) is 2.36. The lowest BCUT2D eigenvalue weighted by Gasteiger charge is -2.13. The Balaban J connectivity index is 2.68. The normalized spacial score (nSPS) is 10.2. The van der Waals surface area contributed by atoms with Crippen LogP contribution in [0.3, 0.4) is 0 Å². The second-order valence-electron chi connectivity index (χ2n) is 4.38. The Morgan fingerprint density at radius 2 is 2.06 bits per heavy atom. The van der Waals surface area contributed by atoms with Crippen molar-refractivity contribution in [3.63, 3.8) is 0 Å². The maximum Gasteiger partial charge on any atom is 0.127 e. The van der Waals surface area contributed by atoms with Crippen LogP contribution in [-0.2, 0) is 6.54 Å². The van der Waals surface area contributed by atoms with Crippen LogP contribution in [0.2, 0.25) is 0 Å². The van der Waals surface area contributed by atoms with Crippen molar-refractivity contribution in [3.05, 3.63) is 35.9 Å². The maximum absolute atomic E-state index is 5.74. The zero-order chi connectivity index (χ0) is 13.4. The molecule has 1 rings (SSSR count). The molecule has 0 spiro atoms. The largest absolute Gasteiger partial charge is 0.493 e. The van der Waals surface area contributed by atoms with Gasteiger partial charge in [-0.15, -0.1) is 6.58 Å². The number of benzene rings is 1. The van der Waals surface area contributed by atoms with Crippen LogP contribution in [0.1, 0.15) is 32.3 Å². The van der Waals surface area contributed by atoms with Gasteiger partial charge in [-0.05, 0) is 19.4 Å². The van der Waals surface area contributed by atoms with E-state index in [1.54, 1.807) is 0 Å².